The van der Waals surface area contributed by atoms with Gasteiger partial charge in [-0.2, -0.15) is 0 Å². The number of rotatable bonds is 6. The van der Waals surface area contributed by atoms with Crippen LogP contribution < -0.4 is 5.32 Å². The molecule has 0 aliphatic heterocycles. The second kappa shape index (κ2) is 6.61. The average molecular weight is 227 g/mol. The first-order valence-corrected chi connectivity index (χ1v) is 7.02. The third kappa shape index (κ3) is 4.42. The van der Waals surface area contributed by atoms with Crippen molar-refractivity contribution in [3.05, 3.63) is 0 Å². The van der Waals surface area contributed by atoms with E-state index in [9.17, 15) is 5.11 Å². The quantitative estimate of drug-likeness (QED) is 0.731. The lowest BCUT2D eigenvalue weighted by molar-refractivity contribution is -0.00664. The average Bonchev–Trinajstić information content (AvgIpc) is 2.29. The Labute approximate surface area is 101 Å². The van der Waals surface area contributed by atoms with Gasteiger partial charge in [-0.1, -0.05) is 33.6 Å². The van der Waals surface area contributed by atoms with Crippen LogP contribution in [0.2, 0.25) is 0 Å². The Morgan fingerprint density at radius 3 is 2.31 bits per heavy atom. The van der Waals surface area contributed by atoms with Crippen LogP contribution in [-0.4, -0.2) is 23.8 Å². The standard InChI is InChI=1S/C14H29NO/c1-4-13(5-2)10-15-11-14(16)8-6-12(3)7-9-14/h12-13,15-16H,4-11H2,1-3H3. The summed E-state index contributed by atoms with van der Waals surface area (Å²) in [7, 11) is 0. The van der Waals surface area contributed by atoms with Gasteiger partial charge in [0, 0.05) is 6.54 Å². The third-order valence-corrected chi connectivity index (χ3v) is 4.25. The van der Waals surface area contributed by atoms with Crippen molar-refractivity contribution < 1.29 is 5.11 Å². The maximum absolute atomic E-state index is 10.4. The zero-order valence-corrected chi connectivity index (χ0v) is 11.3. The van der Waals surface area contributed by atoms with E-state index in [1.165, 1.54) is 25.7 Å². The van der Waals surface area contributed by atoms with Gasteiger partial charge in [-0.05, 0) is 44.1 Å². The minimum Gasteiger partial charge on any atom is -0.389 e. The normalized spacial score (nSPS) is 30.9. The second-order valence-electron chi connectivity index (χ2n) is 5.72. The molecule has 16 heavy (non-hydrogen) atoms. The first-order valence-electron chi connectivity index (χ1n) is 7.02. The molecule has 96 valence electrons. The summed E-state index contributed by atoms with van der Waals surface area (Å²) in [4.78, 5) is 0. The van der Waals surface area contributed by atoms with Crippen LogP contribution in [0, 0.1) is 11.8 Å². The Bertz CT molecular complexity index is 181. The molecule has 0 aromatic carbocycles. The minimum atomic E-state index is -0.418. The van der Waals surface area contributed by atoms with Gasteiger partial charge in [0.1, 0.15) is 0 Å². The maximum atomic E-state index is 10.4. The van der Waals surface area contributed by atoms with Crippen LogP contribution in [0.1, 0.15) is 59.3 Å². The molecule has 2 heteroatoms. The summed E-state index contributed by atoms with van der Waals surface area (Å²) in [6.07, 6.45) is 6.79. The second-order valence-corrected chi connectivity index (χ2v) is 5.72. The van der Waals surface area contributed by atoms with Gasteiger partial charge in [0.25, 0.3) is 0 Å². The van der Waals surface area contributed by atoms with E-state index in [1.807, 2.05) is 0 Å². The van der Waals surface area contributed by atoms with Gasteiger partial charge < -0.3 is 10.4 Å². The highest BCUT2D eigenvalue weighted by Crippen LogP contribution is 2.31. The van der Waals surface area contributed by atoms with Crippen molar-refractivity contribution in [2.75, 3.05) is 13.1 Å². The first kappa shape index (κ1) is 14.0. The van der Waals surface area contributed by atoms with Crippen LogP contribution in [-0.2, 0) is 0 Å². The molecule has 0 unspecified atom stereocenters. The maximum Gasteiger partial charge on any atom is 0.0771 e. The number of hydrogen-bond donors (Lipinski definition) is 2. The van der Waals surface area contributed by atoms with Gasteiger partial charge in [0.2, 0.25) is 0 Å². The van der Waals surface area contributed by atoms with Crippen LogP contribution in [0.5, 0.6) is 0 Å². The smallest absolute Gasteiger partial charge is 0.0771 e. The van der Waals surface area contributed by atoms with E-state index in [4.69, 9.17) is 0 Å². The summed E-state index contributed by atoms with van der Waals surface area (Å²) in [6.45, 7) is 8.62. The predicted molar refractivity (Wildman–Crippen MR) is 69.5 cm³/mol. The Morgan fingerprint density at radius 1 is 1.25 bits per heavy atom. The fourth-order valence-electron chi connectivity index (χ4n) is 2.56. The molecule has 0 bridgehead atoms. The zero-order chi connectivity index (χ0) is 12.0. The highest BCUT2D eigenvalue weighted by atomic mass is 16.3. The van der Waals surface area contributed by atoms with Gasteiger partial charge in [0.05, 0.1) is 5.60 Å². The molecular weight excluding hydrogens is 198 g/mol. The van der Waals surface area contributed by atoms with E-state index in [1.54, 1.807) is 0 Å². The lowest BCUT2D eigenvalue weighted by Gasteiger charge is -2.35. The molecule has 0 saturated heterocycles. The van der Waals surface area contributed by atoms with Gasteiger partial charge in [-0.15, -0.1) is 0 Å². The Balaban J connectivity index is 2.21. The molecule has 0 radical (unpaired) electrons. The lowest BCUT2D eigenvalue weighted by atomic mass is 9.79. The Hall–Kier alpha value is -0.0800. The minimum absolute atomic E-state index is 0.418. The fourth-order valence-corrected chi connectivity index (χ4v) is 2.56. The van der Waals surface area contributed by atoms with Crippen molar-refractivity contribution >= 4 is 0 Å². The molecule has 0 aromatic rings. The van der Waals surface area contributed by atoms with E-state index in [0.717, 1.165) is 37.8 Å². The fraction of sp³-hybridized carbons (Fsp3) is 1.00. The molecule has 1 saturated carbocycles. The lowest BCUT2D eigenvalue weighted by Crippen LogP contribution is -2.44. The van der Waals surface area contributed by atoms with E-state index in [2.05, 4.69) is 26.1 Å². The SMILES string of the molecule is CCC(CC)CNCC1(O)CCC(C)CC1. The number of nitrogens with one attached hydrogen (secondary N) is 1. The molecule has 1 rings (SSSR count). The van der Waals surface area contributed by atoms with Crippen molar-refractivity contribution in [1.82, 2.24) is 5.32 Å². The van der Waals surface area contributed by atoms with Gasteiger partial charge in [-0.3, -0.25) is 0 Å². The molecule has 0 heterocycles. The Kier molecular flexibility index (Phi) is 5.77. The van der Waals surface area contributed by atoms with Crippen molar-refractivity contribution in [3.8, 4) is 0 Å². The van der Waals surface area contributed by atoms with Gasteiger partial charge >= 0.3 is 0 Å². The van der Waals surface area contributed by atoms with E-state index >= 15 is 0 Å². The van der Waals surface area contributed by atoms with Gasteiger partial charge in [0.15, 0.2) is 0 Å². The van der Waals surface area contributed by atoms with Crippen molar-refractivity contribution in [3.63, 3.8) is 0 Å². The summed E-state index contributed by atoms with van der Waals surface area (Å²) in [5.74, 6) is 1.57. The van der Waals surface area contributed by atoms with Crippen LogP contribution in [0.3, 0.4) is 0 Å². The van der Waals surface area contributed by atoms with E-state index < -0.39 is 5.60 Å². The van der Waals surface area contributed by atoms with Crippen LogP contribution in [0.15, 0.2) is 0 Å². The molecule has 0 amide bonds. The van der Waals surface area contributed by atoms with Crippen molar-refractivity contribution in [2.24, 2.45) is 11.8 Å². The molecule has 1 aliphatic rings. The largest absolute Gasteiger partial charge is 0.389 e. The van der Waals surface area contributed by atoms with E-state index in [-0.39, 0.29) is 0 Å². The summed E-state index contributed by atoms with van der Waals surface area (Å²) in [5.41, 5.74) is -0.418. The molecule has 0 atom stereocenters. The summed E-state index contributed by atoms with van der Waals surface area (Å²) >= 11 is 0. The van der Waals surface area contributed by atoms with Gasteiger partial charge in [-0.25, -0.2) is 0 Å². The van der Waals surface area contributed by atoms with Crippen molar-refractivity contribution in [1.29, 1.82) is 0 Å². The Morgan fingerprint density at radius 2 is 1.81 bits per heavy atom. The van der Waals surface area contributed by atoms with Crippen molar-refractivity contribution in [2.45, 2.75) is 64.9 Å². The van der Waals surface area contributed by atoms with Crippen LogP contribution >= 0.6 is 0 Å². The highest BCUT2D eigenvalue weighted by molar-refractivity contribution is 4.86. The molecule has 2 nitrogen and oxygen atoms in total. The molecular formula is C14H29NO. The van der Waals surface area contributed by atoms with Crippen LogP contribution in [0.25, 0.3) is 0 Å². The summed E-state index contributed by atoms with van der Waals surface area (Å²) < 4.78 is 0. The predicted octanol–water partition coefficient (Wildman–Crippen LogP) is 2.95. The molecule has 2 N–H and O–H groups in total. The number of aliphatic hydroxyl groups is 1. The first-order chi connectivity index (χ1) is 7.59. The monoisotopic (exact) mass is 227 g/mol. The van der Waals surface area contributed by atoms with E-state index in [0.29, 0.717) is 0 Å². The summed E-state index contributed by atoms with van der Waals surface area (Å²) in [5, 5.41) is 13.8. The van der Waals surface area contributed by atoms with Crippen LogP contribution in [0.4, 0.5) is 0 Å². The topological polar surface area (TPSA) is 32.3 Å². The molecule has 1 fully saturated rings. The third-order valence-electron chi connectivity index (χ3n) is 4.25. The molecule has 1 aliphatic carbocycles. The summed E-state index contributed by atoms with van der Waals surface area (Å²) in [6, 6.07) is 0. The molecule has 0 spiro atoms. The zero-order valence-electron chi connectivity index (χ0n) is 11.3. The molecule has 0 aromatic heterocycles. The highest BCUT2D eigenvalue weighted by Gasteiger charge is 2.31. The number of hydrogen-bond acceptors (Lipinski definition) is 2.